The van der Waals surface area contributed by atoms with E-state index in [-0.39, 0.29) is 10.9 Å². The van der Waals surface area contributed by atoms with Crippen LogP contribution in [-0.2, 0) is 0 Å². The fourth-order valence-electron chi connectivity index (χ4n) is 0.885. The number of nitrogens with one attached hydrogen (secondary N) is 2. The lowest BCUT2D eigenvalue weighted by atomic mass is 9.97. The van der Waals surface area contributed by atoms with Crippen LogP contribution in [-0.4, -0.2) is 5.50 Å². The molecule has 0 aliphatic heterocycles. The lowest BCUT2D eigenvalue weighted by molar-refractivity contribution is 0.358. The molecule has 0 aromatic heterocycles. The van der Waals surface area contributed by atoms with E-state index in [9.17, 15) is 0 Å². The SMILES string of the molecule is CC(C)(C)C(Cl)NNc1ccccc1. The molecule has 0 bridgehead atoms. The molecule has 0 aliphatic rings. The van der Waals surface area contributed by atoms with Crippen LogP contribution < -0.4 is 10.9 Å². The van der Waals surface area contributed by atoms with Crippen molar-refractivity contribution < 1.29 is 0 Å². The quantitative estimate of drug-likeness (QED) is 0.457. The van der Waals surface area contributed by atoms with Crippen molar-refractivity contribution in [2.45, 2.75) is 26.3 Å². The van der Waals surface area contributed by atoms with Crippen molar-refractivity contribution in [3.63, 3.8) is 0 Å². The summed E-state index contributed by atoms with van der Waals surface area (Å²) in [4.78, 5) is 0. The van der Waals surface area contributed by atoms with E-state index >= 15 is 0 Å². The average molecular weight is 213 g/mol. The number of halogens is 1. The number of anilines is 1. The lowest BCUT2D eigenvalue weighted by Gasteiger charge is -2.26. The van der Waals surface area contributed by atoms with Crippen molar-refractivity contribution in [2.75, 3.05) is 5.43 Å². The summed E-state index contributed by atoms with van der Waals surface area (Å²) in [5.41, 5.74) is 7.06. The first-order valence-corrected chi connectivity index (χ1v) is 5.14. The van der Waals surface area contributed by atoms with E-state index in [4.69, 9.17) is 11.6 Å². The van der Waals surface area contributed by atoms with Gasteiger partial charge < -0.3 is 5.43 Å². The Bertz CT molecular complexity index is 266. The summed E-state index contributed by atoms with van der Waals surface area (Å²) in [6.45, 7) is 6.26. The minimum Gasteiger partial charge on any atom is -0.320 e. The molecule has 1 aromatic carbocycles. The molecule has 0 aliphatic carbocycles. The largest absolute Gasteiger partial charge is 0.320 e. The Morgan fingerprint density at radius 2 is 1.71 bits per heavy atom. The molecule has 0 radical (unpaired) electrons. The number of para-hydroxylation sites is 1. The van der Waals surface area contributed by atoms with Crippen LogP contribution in [0.15, 0.2) is 30.3 Å². The van der Waals surface area contributed by atoms with Crippen LogP contribution in [0.5, 0.6) is 0 Å². The number of benzene rings is 1. The zero-order valence-electron chi connectivity index (χ0n) is 8.84. The molecule has 1 atom stereocenters. The van der Waals surface area contributed by atoms with Crippen LogP contribution in [0.25, 0.3) is 0 Å². The minimum absolute atomic E-state index is 0.0311. The van der Waals surface area contributed by atoms with Gasteiger partial charge in [0.2, 0.25) is 0 Å². The molecular formula is C11H17ClN2. The van der Waals surface area contributed by atoms with E-state index in [1.807, 2.05) is 30.3 Å². The Labute approximate surface area is 90.6 Å². The third kappa shape index (κ3) is 3.56. The molecule has 2 N–H and O–H groups in total. The van der Waals surface area contributed by atoms with Gasteiger partial charge in [0.05, 0.1) is 0 Å². The monoisotopic (exact) mass is 212 g/mol. The molecule has 1 rings (SSSR count). The van der Waals surface area contributed by atoms with E-state index in [0.29, 0.717) is 0 Å². The lowest BCUT2D eigenvalue weighted by Crippen LogP contribution is -2.39. The van der Waals surface area contributed by atoms with Crippen molar-refractivity contribution in [2.24, 2.45) is 5.41 Å². The summed E-state index contributed by atoms with van der Waals surface area (Å²) < 4.78 is 0. The number of hydrazine groups is 1. The number of hydrogen-bond donors (Lipinski definition) is 2. The van der Waals surface area contributed by atoms with E-state index < -0.39 is 0 Å². The van der Waals surface area contributed by atoms with Gasteiger partial charge >= 0.3 is 0 Å². The van der Waals surface area contributed by atoms with E-state index in [0.717, 1.165) is 5.69 Å². The van der Waals surface area contributed by atoms with E-state index in [1.165, 1.54) is 0 Å². The van der Waals surface area contributed by atoms with Crippen LogP contribution in [0.3, 0.4) is 0 Å². The summed E-state index contributed by atoms with van der Waals surface area (Å²) >= 11 is 6.13. The molecule has 0 heterocycles. The Morgan fingerprint density at radius 1 is 1.14 bits per heavy atom. The maximum atomic E-state index is 6.13. The average Bonchev–Trinajstić information content (AvgIpc) is 2.14. The molecule has 0 saturated heterocycles. The van der Waals surface area contributed by atoms with Crippen molar-refractivity contribution in [1.82, 2.24) is 5.43 Å². The Balaban J connectivity index is 2.42. The van der Waals surface area contributed by atoms with Gasteiger partial charge in [-0.15, -0.1) is 11.6 Å². The highest BCUT2D eigenvalue weighted by Crippen LogP contribution is 2.21. The molecule has 1 aromatic rings. The molecule has 3 heteroatoms. The first-order valence-electron chi connectivity index (χ1n) is 4.71. The smallest absolute Gasteiger partial charge is 0.105 e. The summed E-state index contributed by atoms with van der Waals surface area (Å²) in [5, 5.41) is 0. The summed E-state index contributed by atoms with van der Waals surface area (Å²) in [6, 6.07) is 9.90. The standard InChI is InChI=1S/C11H17ClN2/c1-11(2,3)10(12)14-13-9-7-5-4-6-8-9/h4-8,10,13-14H,1-3H3. The van der Waals surface area contributed by atoms with E-state index in [2.05, 4.69) is 31.6 Å². The van der Waals surface area contributed by atoms with Gasteiger partial charge in [-0.25, -0.2) is 5.43 Å². The molecule has 1 unspecified atom stereocenters. The Morgan fingerprint density at radius 3 is 2.21 bits per heavy atom. The minimum atomic E-state index is -0.109. The highest BCUT2D eigenvalue weighted by molar-refractivity contribution is 6.20. The number of rotatable bonds is 3. The molecule has 0 amide bonds. The second-order valence-electron chi connectivity index (χ2n) is 4.36. The van der Waals surface area contributed by atoms with Gasteiger partial charge in [0, 0.05) is 5.69 Å². The van der Waals surface area contributed by atoms with Crippen LogP contribution in [0.4, 0.5) is 5.69 Å². The van der Waals surface area contributed by atoms with Gasteiger partial charge in [-0.1, -0.05) is 39.0 Å². The van der Waals surface area contributed by atoms with Crippen molar-refractivity contribution in [3.05, 3.63) is 30.3 Å². The number of hydrogen-bond acceptors (Lipinski definition) is 2. The molecule has 78 valence electrons. The normalized spacial score (nSPS) is 13.7. The molecule has 2 nitrogen and oxygen atoms in total. The molecular weight excluding hydrogens is 196 g/mol. The van der Waals surface area contributed by atoms with Crippen LogP contribution in [0, 0.1) is 5.41 Å². The van der Waals surface area contributed by atoms with Gasteiger partial charge in [-0.3, -0.25) is 0 Å². The van der Waals surface area contributed by atoms with Gasteiger partial charge in [0.25, 0.3) is 0 Å². The molecule has 0 fully saturated rings. The van der Waals surface area contributed by atoms with Crippen LogP contribution >= 0.6 is 11.6 Å². The maximum Gasteiger partial charge on any atom is 0.105 e. The first-order chi connectivity index (χ1) is 6.50. The first kappa shape index (κ1) is 11.3. The fourth-order valence-corrected chi connectivity index (χ4v) is 0.939. The zero-order chi connectivity index (χ0) is 10.6. The van der Waals surface area contributed by atoms with Crippen LogP contribution in [0.1, 0.15) is 20.8 Å². The van der Waals surface area contributed by atoms with Gasteiger partial charge in [0.15, 0.2) is 0 Å². The Kier molecular flexibility index (Phi) is 3.78. The predicted octanol–water partition coefficient (Wildman–Crippen LogP) is 3.21. The highest BCUT2D eigenvalue weighted by atomic mass is 35.5. The summed E-state index contributed by atoms with van der Waals surface area (Å²) in [5.74, 6) is 0. The van der Waals surface area contributed by atoms with E-state index in [1.54, 1.807) is 0 Å². The number of alkyl halides is 1. The Hall–Kier alpha value is -0.730. The summed E-state index contributed by atoms with van der Waals surface area (Å²) in [6.07, 6.45) is 0. The van der Waals surface area contributed by atoms with Gasteiger partial charge in [0.1, 0.15) is 5.50 Å². The molecule has 14 heavy (non-hydrogen) atoms. The summed E-state index contributed by atoms with van der Waals surface area (Å²) in [7, 11) is 0. The van der Waals surface area contributed by atoms with Gasteiger partial charge in [-0.2, -0.15) is 0 Å². The van der Waals surface area contributed by atoms with Crippen molar-refractivity contribution >= 4 is 17.3 Å². The third-order valence-electron chi connectivity index (χ3n) is 1.88. The molecule has 0 saturated carbocycles. The highest BCUT2D eigenvalue weighted by Gasteiger charge is 2.21. The second kappa shape index (κ2) is 4.67. The third-order valence-corrected chi connectivity index (χ3v) is 2.64. The van der Waals surface area contributed by atoms with Gasteiger partial charge in [-0.05, 0) is 17.5 Å². The van der Waals surface area contributed by atoms with Crippen LogP contribution in [0.2, 0.25) is 0 Å². The zero-order valence-corrected chi connectivity index (χ0v) is 9.60. The topological polar surface area (TPSA) is 24.1 Å². The van der Waals surface area contributed by atoms with Crippen molar-refractivity contribution in [1.29, 1.82) is 0 Å². The molecule has 0 spiro atoms. The van der Waals surface area contributed by atoms with Crippen molar-refractivity contribution in [3.8, 4) is 0 Å². The fraction of sp³-hybridized carbons (Fsp3) is 0.455. The predicted molar refractivity (Wildman–Crippen MR) is 62.3 cm³/mol. The maximum absolute atomic E-state index is 6.13. The second-order valence-corrected chi connectivity index (χ2v) is 4.80.